The summed E-state index contributed by atoms with van der Waals surface area (Å²) in [6.45, 7) is 0. The lowest BCUT2D eigenvalue weighted by atomic mass is 10.2. The van der Waals surface area contributed by atoms with Gasteiger partial charge in [-0.25, -0.2) is 9.50 Å². The van der Waals surface area contributed by atoms with Crippen LogP contribution in [0, 0.1) is 5.92 Å². The Morgan fingerprint density at radius 2 is 1.76 bits per heavy atom. The number of amides is 2. The van der Waals surface area contributed by atoms with Crippen molar-refractivity contribution in [2.75, 3.05) is 10.6 Å². The van der Waals surface area contributed by atoms with Gasteiger partial charge in [-0.3, -0.25) is 9.59 Å². The minimum Gasteiger partial charge on any atom is -0.438 e. The lowest BCUT2D eigenvalue weighted by molar-refractivity contribution is -0.117. The number of ether oxygens (including phenoxy) is 1. The highest BCUT2D eigenvalue weighted by atomic mass is 16.5. The molecule has 8 nitrogen and oxygen atoms in total. The zero-order valence-corrected chi connectivity index (χ0v) is 17.6. The van der Waals surface area contributed by atoms with Gasteiger partial charge in [0.05, 0.1) is 6.20 Å². The van der Waals surface area contributed by atoms with Crippen LogP contribution in [0.15, 0.2) is 79.0 Å². The van der Waals surface area contributed by atoms with E-state index < -0.39 is 0 Å². The molecule has 164 valence electrons. The number of carbonyl (C=O) groups is 2. The molecule has 5 rings (SSSR count). The van der Waals surface area contributed by atoms with Crippen molar-refractivity contribution in [3.05, 3.63) is 84.6 Å². The number of aromatic nitrogens is 3. The first-order valence-electron chi connectivity index (χ1n) is 10.6. The quantitative estimate of drug-likeness (QED) is 0.413. The third kappa shape index (κ3) is 5.24. The molecule has 2 aromatic heterocycles. The fraction of sp³-hybridized carbons (Fsp3) is 0.120. The van der Waals surface area contributed by atoms with Gasteiger partial charge in [-0.15, -0.1) is 5.10 Å². The molecule has 8 heteroatoms. The Morgan fingerprint density at radius 3 is 2.52 bits per heavy atom. The summed E-state index contributed by atoms with van der Waals surface area (Å²) in [5.74, 6) is 1.30. The molecular weight excluding hydrogens is 418 g/mol. The summed E-state index contributed by atoms with van der Waals surface area (Å²) in [5.41, 5.74) is 2.21. The Balaban J connectivity index is 1.20. The molecule has 1 fully saturated rings. The SMILES string of the molecule is O=C(C=Cc1ccccc1)Nc1ccc(Oc2ccc3nc(NC(=O)C4CC4)cn3n2)cc1. The van der Waals surface area contributed by atoms with Crippen molar-refractivity contribution < 1.29 is 14.3 Å². The average Bonchev–Trinajstić information content (AvgIpc) is 3.60. The van der Waals surface area contributed by atoms with Crippen LogP contribution in [0.5, 0.6) is 11.6 Å². The Kier molecular flexibility index (Phi) is 5.55. The molecule has 2 N–H and O–H groups in total. The second-order valence-electron chi connectivity index (χ2n) is 7.72. The molecule has 0 radical (unpaired) electrons. The lowest BCUT2D eigenvalue weighted by Crippen LogP contribution is -2.13. The first kappa shape index (κ1) is 20.4. The van der Waals surface area contributed by atoms with Gasteiger partial charge in [0, 0.05) is 23.7 Å². The largest absolute Gasteiger partial charge is 0.438 e. The summed E-state index contributed by atoms with van der Waals surface area (Å²) < 4.78 is 7.38. The van der Waals surface area contributed by atoms with Crippen LogP contribution in [0.1, 0.15) is 18.4 Å². The fourth-order valence-corrected chi connectivity index (χ4v) is 3.20. The van der Waals surface area contributed by atoms with Gasteiger partial charge in [-0.1, -0.05) is 30.3 Å². The lowest BCUT2D eigenvalue weighted by Gasteiger charge is -2.06. The summed E-state index contributed by atoms with van der Waals surface area (Å²) in [4.78, 5) is 28.4. The smallest absolute Gasteiger partial charge is 0.248 e. The maximum Gasteiger partial charge on any atom is 0.248 e. The molecule has 0 unspecified atom stereocenters. The van der Waals surface area contributed by atoms with Crippen LogP contribution in [-0.2, 0) is 9.59 Å². The number of nitrogens with zero attached hydrogens (tertiary/aromatic N) is 3. The van der Waals surface area contributed by atoms with E-state index in [9.17, 15) is 9.59 Å². The normalized spacial score (nSPS) is 13.2. The van der Waals surface area contributed by atoms with E-state index in [4.69, 9.17) is 4.74 Å². The van der Waals surface area contributed by atoms with E-state index in [2.05, 4.69) is 20.7 Å². The van der Waals surface area contributed by atoms with Crippen molar-refractivity contribution in [2.24, 2.45) is 5.92 Å². The molecule has 1 aliphatic rings. The van der Waals surface area contributed by atoms with Crippen LogP contribution >= 0.6 is 0 Å². The second-order valence-corrected chi connectivity index (χ2v) is 7.72. The summed E-state index contributed by atoms with van der Waals surface area (Å²) in [6.07, 6.45) is 6.77. The Morgan fingerprint density at radius 1 is 0.970 bits per heavy atom. The molecule has 0 bridgehead atoms. The molecule has 0 aliphatic heterocycles. The van der Waals surface area contributed by atoms with Crippen molar-refractivity contribution in [1.82, 2.24) is 14.6 Å². The van der Waals surface area contributed by atoms with E-state index in [1.807, 2.05) is 30.3 Å². The zero-order valence-electron chi connectivity index (χ0n) is 17.6. The van der Waals surface area contributed by atoms with Crippen LogP contribution in [0.25, 0.3) is 11.7 Å². The number of hydrogen-bond acceptors (Lipinski definition) is 5. The first-order valence-corrected chi connectivity index (χ1v) is 10.6. The summed E-state index contributed by atoms with van der Waals surface area (Å²) in [5, 5.41) is 10.0. The third-order valence-corrected chi connectivity index (χ3v) is 5.07. The zero-order chi connectivity index (χ0) is 22.6. The van der Waals surface area contributed by atoms with Crippen LogP contribution in [-0.4, -0.2) is 26.4 Å². The van der Waals surface area contributed by atoms with E-state index in [1.165, 1.54) is 6.08 Å². The molecule has 2 heterocycles. The van der Waals surface area contributed by atoms with E-state index in [0.717, 1.165) is 18.4 Å². The molecule has 1 saturated carbocycles. The van der Waals surface area contributed by atoms with E-state index in [1.54, 1.807) is 53.2 Å². The maximum atomic E-state index is 12.1. The number of nitrogens with one attached hydrogen (secondary N) is 2. The molecule has 0 atom stereocenters. The van der Waals surface area contributed by atoms with Gasteiger partial charge >= 0.3 is 0 Å². The number of benzene rings is 2. The van der Waals surface area contributed by atoms with Gasteiger partial charge in [0.15, 0.2) is 11.5 Å². The fourth-order valence-electron chi connectivity index (χ4n) is 3.20. The van der Waals surface area contributed by atoms with Gasteiger partial charge in [0.2, 0.25) is 17.7 Å². The summed E-state index contributed by atoms with van der Waals surface area (Å²) >= 11 is 0. The Labute approximate surface area is 189 Å². The topological polar surface area (TPSA) is 97.6 Å². The van der Waals surface area contributed by atoms with Crippen molar-refractivity contribution in [3.8, 4) is 11.6 Å². The van der Waals surface area contributed by atoms with Crippen molar-refractivity contribution >= 4 is 35.0 Å². The summed E-state index contributed by atoms with van der Waals surface area (Å²) in [6, 6.07) is 20.1. The predicted octanol–water partition coefficient (Wildman–Crippen LogP) is 4.52. The van der Waals surface area contributed by atoms with Crippen LogP contribution in [0.4, 0.5) is 11.5 Å². The summed E-state index contributed by atoms with van der Waals surface area (Å²) in [7, 11) is 0. The highest BCUT2D eigenvalue weighted by Gasteiger charge is 2.30. The highest BCUT2D eigenvalue weighted by Crippen LogP contribution is 2.30. The van der Waals surface area contributed by atoms with E-state index >= 15 is 0 Å². The van der Waals surface area contributed by atoms with Gasteiger partial charge in [-0.05, 0) is 54.8 Å². The second kappa shape index (κ2) is 8.96. The van der Waals surface area contributed by atoms with Gasteiger partial charge in [0.1, 0.15) is 5.75 Å². The molecule has 1 aliphatic carbocycles. The monoisotopic (exact) mass is 439 g/mol. The van der Waals surface area contributed by atoms with Crippen LogP contribution < -0.4 is 15.4 Å². The first-order chi connectivity index (χ1) is 16.1. The number of imidazole rings is 1. The Bertz CT molecular complexity index is 1330. The molecule has 0 saturated heterocycles. The van der Waals surface area contributed by atoms with Gasteiger partial charge < -0.3 is 15.4 Å². The predicted molar refractivity (Wildman–Crippen MR) is 125 cm³/mol. The van der Waals surface area contributed by atoms with Gasteiger partial charge in [0.25, 0.3) is 0 Å². The van der Waals surface area contributed by atoms with E-state index in [-0.39, 0.29) is 17.7 Å². The highest BCUT2D eigenvalue weighted by molar-refractivity contribution is 6.01. The van der Waals surface area contributed by atoms with Crippen LogP contribution in [0.2, 0.25) is 0 Å². The number of rotatable bonds is 7. The molecule has 4 aromatic rings. The van der Waals surface area contributed by atoms with Crippen LogP contribution in [0.3, 0.4) is 0 Å². The van der Waals surface area contributed by atoms with Crippen molar-refractivity contribution in [2.45, 2.75) is 12.8 Å². The number of anilines is 2. The third-order valence-electron chi connectivity index (χ3n) is 5.07. The van der Waals surface area contributed by atoms with Crippen molar-refractivity contribution in [3.63, 3.8) is 0 Å². The van der Waals surface area contributed by atoms with E-state index in [0.29, 0.717) is 28.8 Å². The Hall–Kier alpha value is -4.46. The number of hydrogen-bond donors (Lipinski definition) is 2. The molecule has 2 aromatic carbocycles. The van der Waals surface area contributed by atoms with Crippen molar-refractivity contribution in [1.29, 1.82) is 0 Å². The standard InChI is InChI=1S/C25H21N5O3/c31-23(14-6-17-4-2-1-3-5-17)26-19-9-11-20(12-10-19)33-24-15-13-22-27-21(16-30(22)29-24)28-25(32)18-7-8-18/h1-6,9-16,18H,7-8H2,(H,26,31)(H,28,32). The van der Waals surface area contributed by atoms with Gasteiger partial charge in [-0.2, -0.15) is 0 Å². The molecule has 2 amide bonds. The molecule has 33 heavy (non-hydrogen) atoms. The molecular formula is C25H21N5O3. The minimum atomic E-state index is -0.218. The number of fused-ring (bicyclic) bond motifs is 1. The molecule has 0 spiro atoms. The maximum absolute atomic E-state index is 12.1. The minimum absolute atomic E-state index is 0.00221. The number of carbonyl (C=O) groups excluding carboxylic acids is 2. The average molecular weight is 439 g/mol.